The molecule has 0 radical (unpaired) electrons. The molecular weight excluding hydrogens is 260 g/mol. The van der Waals surface area contributed by atoms with Crippen molar-refractivity contribution in [1.82, 2.24) is 15.2 Å². The van der Waals surface area contributed by atoms with E-state index in [9.17, 15) is 0 Å². The third-order valence-corrected chi connectivity index (χ3v) is 3.70. The average molecular weight is 279 g/mol. The lowest BCUT2D eigenvalue weighted by atomic mass is 10.0. The number of benzene rings is 1. The number of aromatic nitrogens is 2. The molecule has 4 nitrogen and oxygen atoms in total. The summed E-state index contributed by atoms with van der Waals surface area (Å²) in [5, 5.41) is 5.08. The van der Waals surface area contributed by atoms with Gasteiger partial charge < -0.3 is 0 Å². The van der Waals surface area contributed by atoms with E-state index in [-0.39, 0.29) is 6.04 Å². The fourth-order valence-corrected chi connectivity index (χ4v) is 2.45. The largest absolute Gasteiger partial charge is 0.271 e. The van der Waals surface area contributed by atoms with Gasteiger partial charge in [0.2, 0.25) is 0 Å². The summed E-state index contributed by atoms with van der Waals surface area (Å²) in [6.07, 6.45) is 2.81. The van der Waals surface area contributed by atoms with Gasteiger partial charge in [-0.1, -0.05) is 36.7 Å². The van der Waals surface area contributed by atoms with Gasteiger partial charge in [0, 0.05) is 17.8 Å². The monoisotopic (exact) mass is 278 g/mol. The summed E-state index contributed by atoms with van der Waals surface area (Å²) in [6, 6.07) is 7.79. The van der Waals surface area contributed by atoms with Crippen molar-refractivity contribution in [2.24, 2.45) is 5.84 Å². The fraction of sp³-hybridized carbons (Fsp3) is 0.357. The lowest BCUT2D eigenvalue weighted by Gasteiger charge is -2.20. The van der Waals surface area contributed by atoms with Crippen molar-refractivity contribution in [3.8, 4) is 0 Å². The van der Waals surface area contributed by atoms with Gasteiger partial charge in [-0.3, -0.25) is 10.5 Å². The second-order valence-corrected chi connectivity index (χ2v) is 4.93. The molecule has 2 rings (SSSR count). The van der Waals surface area contributed by atoms with Gasteiger partial charge in [0.25, 0.3) is 0 Å². The molecule has 0 aliphatic rings. The molecule has 1 aromatic heterocycles. The van der Waals surface area contributed by atoms with Crippen molar-refractivity contribution in [2.75, 3.05) is 0 Å². The lowest BCUT2D eigenvalue weighted by Crippen LogP contribution is -2.31. The number of hydrogen-bond donors (Lipinski definition) is 2. The third kappa shape index (κ3) is 2.81. The molecule has 0 amide bonds. The predicted molar refractivity (Wildman–Crippen MR) is 77.9 cm³/mol. The number of nitrogens with zero attached hydrogens (tertiary/aromatic N) is 2. The molecule has 102 valence electrons. The minimum atomic E-state index is -0.151. The van der Waals surface area contributed by atoms with Crippen LogP contribution in [0.3, 0.4) is 0 Å². The first-order chi connectivity index (χ1) is 9.19. The highest BCUT2D eigenvalue weighted by Crippen LogP contribution is 2.29. The standard InChI is InChI=1S/C14H19ClN4/c1-3-9-19-12(7-8-17-19)14(18-16)11-6-4-5-10(2)13(11)15/h4-8,14,18H,3,9,16H2,1-2H3. The van der Waals surface area contributed by atoms with Crippen LogP contribution in [0.5, 0.6) is 0 Å². The molecule has 0 spiro atoms. The zero-order valence-corrected chi connectivity index (χ0v) is 12.0. The maximum absolute atomic E-state index is 6.39. The zero-order valence-electron chi connectivity index (χ0n) is 11.2. The summed E-state index contributed by atoms with van der Waals surface area (Å²) in [4.78, 5) is 0. The molecule has 2 aromatic rings. The Morgan fingerprint density at radius 1 is 1.42 bits per heavy atom. The van der Waals surface area contributed by atoms with Gasteiger partial charge in [-0.05, 0) is 30.5 Å². The Balaban J connectivity index is 2.44. The second-order valence-electron chi connectivity index (χ2n) is 4.56. The second kappa shape index (κ2) is 6.19. The van der Waals surface area contributed by atoms with Crippen LogP contribution in [0.4, 0.5) is 0 Å². The van der Waals surface area contributed by atoms with E-state index in [2.05, 4.69) is 17.4 Å². The quantitative estimate of drug-likeness (QED) is 0.653. The summed E-state index contributed by atoms with van der Waals surface area (Å²) in [5.74, 6) is 5.73. The van der Waals surface area contributed by atoms with E-state index in [4.69, 9.17) is 17.4 Å². The first-order valence-electron chi connectivity index (χ1n) is 6.41. The molecule has 0 aliphatic carbocycles. The van der Waals surface area contributed by atoms with E-state index in [0.29, 0.717) is 0 Å². The van der Waals surface area contributed by atoms with E-state index < -0.39 is 0 Å². The number of hydrazine groups is 1. The number of hydrogen-bond acceptors (Lipinski definition) is 3. The summed E-state index contributed by atoms with van der Waals surface area (Å²) in [5.41, 5.74) is 5.88. The fourth-order valence-electron chi connectivity index (χ4n) is 2.21. The molecule has 3 N–H and O–H groups in total. The Hall–Kier alpha value is -1.36. The van der Waals surface area contributed by atoms with Gasteiger partial charge in [0.1, 0.15) is 0 Å². The van der Waals surface area contributed by atoms with Crippen LogP contribution in [0.2, 0.25) is 5.02 Å². The molecule has 19 heavy (non-hydrogen) atoms. The van der Waals surface area contributed by atoms with Crippen LogP contribution in [0.15, 0.2) is 30.5 Å². The molecule has 0 saturated carbocycles. The first kappa shape index (κ1) is 14.1. The van der Waals surface area contributed by atoms with Gasteiger partial charge in [0.15, 0.2) is 0 Å². The molecule has 1 unspecified atom stereocenters. The lowest BCUT2D eigenvalue weighted by molar-refractivity contribution is 0.521. The van der Waals surface area contributed by atoms with Crippen LogP contribution in [0.25, 0.3) is 0 Å². The van der Waals surface area contributed by atoms with Gasteiger partial charge in [-0.15, -0.1) is 0 Å². The molecule has 1 atom stereocenters. The Labute approximate surface area is 118 Å². The Bertz CT molecular complexity index is 550. The smallest absolute Gasteiger partial charge is 0.0892 e. The maximum atomic E-state index is 6.39. The van der Waals surface area contributed by atoms with Crippen LogP contribution in [-0.2, 0) is 6.54 Å². The maximum Gasteiger partial charge on any atom is 0.0892 e. The van der Waals surface area contributed by atoms with Gasteiger partial charge in [-0.2, -0.15) is 5.10 Å². The van der Waals surface area contributed by atoms with Crippen molar-refractivity contribution in [3.63, 3.8) is 0 Å². The van der Waals surface area contributed by atoms with Gasteiger partial charge >= 0.3 is 0 Å². The molecule has 0 bridgehead atoms. The SMILES string of the molecule is CCCn1nccc1C(NN)c1cccc(C)c1Cl. The normalized spacial score (nSPS) is 12.6. The molecule has 0 fully saturated rings. The topological polar surface area (TPSA) is 55.9 Å². The molecule has 1 aromatic carbocycles. The summed E-state index contributed by atoms with van der Waals surface area (Å²) < 4.78 is 1.96. The molecular formula is C14H19ClN4. The van der Waals surface area contributed by atoms with Crippen molar-refractivity contribution >= 4 is 11.6 Å². The van der Waals surface area contributed by atoms with Gasteiger partial charge in [0.05, 0.1) is 11.7 Å². The highest BCUT2D eigenvalue weighted by molar-refractivity contribution is 6.32. The summed E-state index contributed by atoms with van der Waals surface area (Å²) >= 11 is 6.39. The number of aryl methyl sites for hydroxylation is 2. The van der Waals surface area contributed by atoms with Crippen molar-refractivity contribution in [1.29, 1.82) is 0 Å². The summed E-state index contributed by atoms with van der Waals surface area (Å²) in [6.45, 7) is 4.97. The minimum Gasteiger partial charge on any atom is -0.271 e. The van der Waals surface area contributed by atoms with E-state index in [0.717, 1.165) is 34.8 Å². The van der Waals surface area contributed by atoms with Crippen molar-refractivity contribution in [3.05, 3.63) is 52.3 Å². The molecule has 5 heteroatoms. The van der Waals surface area contributed by atoms with Gasteiger partial charge in [-0.25, -0.2) is 5.43 Å². The van der Waals surface area contributed by atoms with Crippen molar-refractivity contribution in [2.45, 2.75) is 32.9 Å². The molecule has 1 heterocycles. The zero-order chi connectivity index (χ0) is 13.8. The Kier molecular flexibility index (Phi) is 4.58. The van der Waals surface area contributed by atoms with E-state index in [1.807, 2.05) is 35.9 Å². The van der Waals surface area contributed by atoms with E-state index in [1.54, 1.807) is 6.20 Å². The molecule has 0 aliphatic heterocycles. The Morgan fingerprint density at radius 3 is 2.89 bits per heavy atom. The highest BCUT2D eigenvalue weighted by atomic mass is 35.5. The van der Waals surface area contributed by atoms with E-state index >= 15 is 0 Å². The highest BCUT2D eigenvalue weighted by Gasteiger charge is 2.19. The predicted octanol–water partition coefficient (Wildman–Crippen LogP) is 2.81. The number of halogens is 1. The Morgan fingerprint density at radius 2 is 2.21 bits per heavy atom. The minimum absolute atomic E-state index is 0.151. The van der Waals surface area contributed by atoms with Crippen LogP contribution in [-0.4, -0.2) is 9.78 Å². The molecule has 0 saturated heterocycles. The van der Waals surface area contributed by atoms with Crippen LogP contribution in [0, 0.1) is 6.92 Å². The van der Waals surface area contributed by atoms with Crippen LogP contribution < -0.4 is 11.3 Å². The number of nitrogens with two attached hydrogens (primary N) is 1. The third-order valence-electron chi connectivity index (χ3n) is 3.18. The average Bonchev–Trinajstić information content (AvgIpc) is 2.84. The number of rotatable bonds is 5. The van der Waals surface area contributed by atoms with Crippen LogP contribution >= 0.6 is 11.6 Å². The van der Waals surface area contributed by atoms with E-state index in [1.165, 1.54) is 0 Å². The first-order valence-corrected chi connectivity index (χ1v) is 6.79. The van der Waals surface area contributed by atoms with Crippen molar-refractivity contribution < 1.29 is 0 Å². The number of nitrogens with one attached hydrogen (secondary N) is 1. The van der Waals surface area contributed by atoms with Crippen LogP contribution in [0.1, 0.15) is 36.2 Å². The summed E-state index contributed by atoms with van der Waals surface area (Å²) in [7, 11) is 0.